The van der Waals surface area contributed by atoms with E-state index in [4.69, 9.17) is 0 Å². The Balaban J connectivity index is 1.49. The van der Waals surface area contributed by atoms with Crippen LogP contribution in [-0.4, -0.2) is 34.6 Å². The van der Waals surface area contributed by atoms with Crippen LogP contribution in [0, 0.1) is 34.5 Å². The highest BCUT2D eigenvalue weighted by Gasteiger charge is 2.63. The summed E-state index contributed by atoms with van der Waals surface area (Å²) in [5, 5.41) is 15.7. The lowest BCUT2D eigenvalue weighted by Gasteiger charge is -2.60. The zero-order chi connectivity index (χ0) is 20.8. The van der Waals surface area contributed by atoms with Crippen molar-refractivity contribution in [3.63, 3.8) is 0 Å². The molecule has 3 saturated carbocycles. The fourth-order valence-electron chi connectivity index (χ4n) is 8.09. The van der Waals surface area contributed by atoms with E-state index in [0.717, 1.165) is 49.8 Å². The Morgan fingerprint density at radius 2 is 1.93 bits per heavy atom. The van der Waals surface area contributed by atoms with Gasteiger partial charge in [0, 0.05) is 11.6 Å². The van der Waals surface area contributed by atoms with Gasteiger partial charge in [-0.3, -0.25) is 0 Å². The number of aromatic nitrogens is 2. The summed E-state index contributed by atoms with van der Waals surface area (Å²) < 4.78 is 25.2. The normalized spacial score (nSPS) is 46.3. The molecule has 7 atom stereocenters. The van der Waals surface area contributed by atoms with E-state index in [1.54, 1.807) is 6.20 Å². The number of hydrogen-bond acceptors (Lipinski definition) is 4. The lowest BCUT2D eigenvalue weighted by molar-refractivity contribution is -0.130. The minimum atomic E-state index is -3.34. The average Bonchev–Trinajstić information content (AvgIpc) is 3.18. The molecule has 0 radical (unpaired) electrons. The van der Waals surface area contributed by atoms with Gasteiger partial charge in [0.05, 0.1) is 17.6 Å². The van der Waals surface area contributed by atoms with E-state index in [-0.39, 0.29) is 10.8 Å². The van der Waals surface area contributed by atoms with E-state index in [2.05, 4.69) is 25.5 Å². The van der Waals surface area contributed by atoms with Crippen molar-refractivity contribution in [2.24, 2.45) is 34.5 Å². The van der Waals surface area contributed by atoms with Gasteiger partial charge in [-0.1, -0.05) is 19.9 Å². The van der Waals surface area contributed by atoms with E-state index >= 15 is 0 Å². The molecule has 5 rings (SSSR count). The summed E-state index contributed by atoms with van der Waals surface area (Å²) in [5.74, 6) is 2.42. The zero-order valence-electron chi connectivity index (χ0n) is 17.9. The molecule has 6 heteroatoms. The molecule has 1 aromatic rings. The largest absolute Gasteiger partial charge is 0.385 e. The molecule has 1 N–H and O–H groups in total. The van der Waals surface area contributed by atoms with Gasteiger partial charge in [-0.05, 0) is 86.0 Å². The molecule has 0 saturated heterocycles. The van der Waals surface area contributed by atoms with Crippen LogP contribution >= 0.6 is 0 Å². The number of fused-ring (bicyclic) bond motifs is 6. The molecular weight excluding hydrogens is 384 g/mol. The molecule has 29 heavy (non-hydrogen) atoms. The van der Waals surface area contributed by atoms with Gasteiger partial charge in [-0.15, -0.1) is 6.58 Å². The highest BCUT2D eigenvalue weighted by molar-refractivity contribution is 7.89. The van der Waals surface area contributed by atoms with Gasteiger partial charge in [0.2, 0.25) is 0 Å². The predicted octanol–water partition coefficient (Wildman–Crippen LogP) is 3.57. The standard InChI is InChI=1S/C23H34N2O3S/c1-5-23(26)11-9-19-17-7-6-16-12-20-15(14-25(24-20)29(4,27)28)13-21(16,2)18(17)8-10-22(19,23)3/h5,14,16-19,26H,1,6-13H2,2-4H3/t16-,17+,18-,19-,21-,22-,23-/m0/s1. The number of hydrogen-bond donors (Lipinski definition) is 1. The lowest BCUT2D eigenvalue weighted by Crippen LogP contribution is -2.56. The highest BCUT2D eigenvalue weighted by atomic mass is 32.2. The zero-order valence-corrected chi connectivity index (χ0v) is 18.7. The molecular formula is C23H34N2O3S. The number of nitrogens with zero attached hydrogens (tertiary/aromatic N) is 2. The van der Waals surface area contributed by atoms with Crippen LogP contribution in [0.3, 0.4) is 0 Å². The third-order valence-corrected chi connectivity index (χ3v) is 10.7. The Hall–Kier alpha value is -1.14. The maximum atomic E-state index is 12.0. The van der Waals surface area contributed by atoms with Gasteiger partial charge in [0.15, 0.2) is 0 Å². The molecule has 0 unspecified atom stereocenters. The maximum Gasteiger partial charge on any atom is 0.250 e. The van der Waals surface area contributed by atoms with Crippen molar-refractivity contribution in [1.29, 1.82) is 0 Å². The first-order valence-electron chi connectivity index (χ1n) is 11.2. The van der Waals surface area contributed by atoms with Gasteiger partial charge in [-0.25, -0.2) is 8.42 Å². The van der Waals surface area contributed by atoms with Gasteiger partial charge < -0.3 is 5.11 Å². The lowest BCUT2D eigenvalue weighted by atomic mass is 9.44. The van der Waals surface area contributed by atoms with Crippen molar-refractivity contribution >= 4 is 10.0 Å². The topological polar surface area (TPSA) is 72.2 Å². The smallest absolute Gasteiger partial charge is 0.250 e. The van der Waals surface area contributed by atoms with E-state index in [1.807, 2.05) is 6.08 Å². The van der Waals surface area contributed by atoms with Crippen molar-refractivity contribution < 1.29 is 13.5 Å². The van der Waals surface area contributed by atoms with Crippen LogP contribution in [0.4, 0.5) is 0 Å². The van der Waals surface area contributed by atoms with Gasteiger partial charge in [-0.2, -0.15) is 9.19 Å². The monoisotopic (exact) mass is 418 g/mol. The van der Waals surface area contributed by atoms with Crippen LogP contribution in [0.1, 0.15) is 63.6 Å². The Morgan fingerprint density at radius 3 is 2.62 bits per heavy atom. The fourth-order valence-corrected chi connectivity index (χ4v) is 8.65. The molecule has 0 aromatic carbocycles. The molecule has 5 nitrogen and oxygen atoms in total. The van der Waals surface area contributed by atoms with Crippen LogP contribution in [0.2, 0.25) is 0 Å². The van der Waals surface area contributed by atoms with E-state index in [0.29, 0.717) is 23.7 Å². The molecule has 160 valence electrons. The van der Waals surface area contributed by atoms with Gasteiger partial charge in [0.1, 0.15) is 0 Å². The van der Waals surface area contributed by atoms with E-state index in [1.165, 1.54) is 23.2 Å². The molecule has 4 aliphatic rings. The predicted molar refractivity (Wildman–Crippen MR) is 113 cm³/mol. The molecule has 0 bridgehead atoms. The molecule has 0 spiro atoms. The van der Waals surface area contributed by atoms with Crippen LogP contribution in [0.15, 0.2) is 18.9 Å². The first kappa shape index (κ1) is 19.8. The third-order valence-electron chi connectivity index (χ3n) is 9.83. The van der Waals surface area contributed by atoms with Gasteiger partial charge >= 0.3 is 0 Å². The SMILES string of the molecule is C=C[C@]1(O)CC[C@H]2[C@@H]3CC[C@H]4Cc5nn(S(C)(=O)=O)cc5C[C@]4(C)[C@H]3CC[C@@]21C. The average molecular weight is 419 g/mol. The third kappa shape index (κ3) is 2.54. The molecule has 1 heterocycles. The number of rotatable bonds is 2. The van der Waals surface area contributed by atoms with Crippen LogP contribution in [0.25, 0.3) is 0 Å². The minimum Gasteiger partial charge on any atom is -0.385 e. The van der Waals surface area contributed by atoms with Gasteiger partial charge in [0.25, 0.3) is 10.0 Å². The highest BCUT2D eigenvalue weighted by Crippen LogP contribution is 2.67. The van der Waals surface area contributed by atoms with Crippen molar-refractivity contribution in [3.8, 4) is 0 Å². The summed E-state index contributed by atoms with van der Waals surface area (Å²) in [4.78, 5) is 0. The quantitative estimate of drug-likeness (QED) is 0.746. The Labute approximate surface area is 174 Å². The molecule has 0 aliphatic heterocycles. The van der Waals surface area contributed by atoms with E-state index in [9.17, 15) is 13.5 Å². The Bertz CT molecular complexity index is 969. The summed E-state index contributed by atoms with van der Waals surface area (Å²) in [6.45, 7) is 8.72. The van der Waals surface area contributed by atoms with Crippen molar-refractivity contribution in [3.05, 3.63) is 30.1 Å². The first-order chi connectivity index (χ1) is 13.5. The summed E-state index contributed by atoms with van der Waals surface area (Å²) in [7, 11) is -3.34. The summed E-state index contributed by atoms with van der Waals surface area (Å²) >= 11 is 0. The van der Waals surface area contributed by atoms with E-state index < -0.39 is 15.6 Å². The Kier molecular flexibility index (Phi) is 4.08. The fraction of sp³-hybridized carbons (Fsp3) is 0.783. The van der Waals surface area contributed by atoms with Crippen LogP contribution in [0.5, 0.6) is 0 Å². The molecule has 0 amide bonds. The molecule has 3 fully saturated rings. The Morgan fingerprint density at radius 1 is 1.21 bits per heavy atom. The maximum absolute atomic E-state index is 12.0. The summed E-state index contributed by atoms with van der Waals surface area (Å²) in [6.07, 6.45) is 13.2. The van der Waals surface area contributed by atoms with Crippen molar-refractivity contribution in [2.75, 3.05) is 6.26 Å². The number of aliphatic hydroxyl groups is 1. The summed E-state index contributed by atoms with van der Waals surface area (Å²) in [5.41, 5.74) is 1.52. The second-order valence-electron chi connectivity index (χ2n) is 10.9. The minimum absolute atomic E-state index is 0.0554. The first-order valence-corrected chi connectivity index (χ1v) is 13.0. The molecule has 1 aromatic heterocycles. The molecule has 4 aliphatic carbocycles. The second-order valence-corrected chi connectivity index (χ2v) is 12.7. The summed E-state index contributed by atoms with van der Waals surface area (Å²) in [6, 6.07) is 0. The van der Waals surface area contributed by atoms with Crippen LogP contribution < -0.4 is 0 Å². The van der Waals surface area contributed by atoms with Crippen molar-refractivity contribution in [1.82, 2.24) is 9.19 Å². The van der Waals surface area contributed by atoms with Crippen LogP contribution in [-0.2, 0) is 22.9 Å². The van der Waals surface area contributed by atoms with Crippen molar-refractivity contribution in [2.45, 2.75) is 70.8 Å². The second kappa shape index (κ2) is 5.97.